The van der Waals surface area contributed by atoms with Gasteiger partial charge < -0.3 is 0 Å². The molecular formula is C21H24N2O. The quantitative estimate of drug-likeness (QED) is 0.746. The highest BCUT2D eigenvalue weighted by Gasteiger charge is 2.18. The molecule has 0 unspecified atom stereocenters. The largest absolute Gasteiger partial charge is 0.290 e. The van der Waals surface area contributed by atoms with E-state index < -0.39 is 0 Å². The Morgan fingerprint density at radius 1 is 1.04 bits per heavy atom. The van der Waals surface area contributed by atoms with Crippen LogP contribution in [-0.4, -0.2) is 9.78 Å². The summed E-state index contributed by atoms with van der Waals surface area (Å²) in [7, 11) is 0. The van der Waals surface area contributed by atoms with E-state index in [0.29, 0.717) is 5.92 Å². The SMILES string of the molecule is Cc1cccc(-c2[nH]n(-c3ccccc3C)c(=O)c2CC(C)C)c1. The van der Waals surface area contributed by atoms with Gasteiger partial charge in [0.25, 0.3) is 5.56 Å². The van der Waals surface area contributed by atoms with Crippen molar-refractivity contribution in [2.45, 2.75) is 34.1 Å². The van der Waals surface area contributed by atoms with Gasteiger partial charge in [0.2, 0.25) is 0 Å². The van der Waals surface area contributed by atoms with Crippen molar-refractivity contribution in [2.24, 2.45) is 5.92 Å². The molecule has 3 nitrogen and oxygen atoms in total. The molecule has 3 heteroatoms. The Bertz CT molecular complexity index is 916. The summed E-state index contributed by atoms with van der Waals surface area (Å²) in [5.74, 6) is 0.419. The van der Waals surface area contributed by atoms with Crippen LogP contribution in [0.2, 0.25) is 0 Å². The molecule has 0 saturated heterocycles. The maximum absolute atomic E-state index is 13.1. The Morgan fingerprint density at radius 2 is 1.79 bits per heavy atom. The second kappa shape index (κ2) is 6.52. The summed E-state index contributed by atoms with van der Waals surface area (Å²) in [6, 6.07) is 16.2. The fourth-order valence-corrected chi connectivity index (χ4v) is 3.09. The molecule has 0 aliphatic rings. The normalized spacial score (nSPS) is 11.2. The Kier molecular flexibility index (Phi) is 4.43. The van der Waals surface area contributed by atoms with Gasteiger partial charge in [0.15, 0.2) is 0 Å². The topological polar surface area (TPSA) is 37.8 Å². The van der Waals surface area contributed by atoms with Gasteiger partial charge in [-0.1, -0.05) is 55.8 Å². The molecule has 0 bridgehead atoms. The van der Waals surface area contributed by atoms with Crippen LogP contribution in [0.5, 0.6) is 0 Å². The van der Waals surface area contributed by atoms with Gasteiger partial charge in [-0.05, 0) is 43.9 Å². The summed E-state index contributed by atoms with van der Waals surface area (Å²) in [5, 5.41) is 3.36. The Morgan fingerprint density at radius 3 is 2.46 bits per heavy atom. The molecule has 0 radical (unpaired) electrons. The Balaban J connectivity index is 2.24. The molecule has 3 aromatic rings. The number of aromatic nitrogens is 2. The van der Waals surface area contributed by atoms with E-state index in [0.717, 1.165) is 34.5 Å². The third-order valence-electron chi connectivity index (χ3n) is 4.26. The summed E-state index contributed by atoms with van der Waals surface area (Å²) < 4.78 is 1.69. The number of para-hydroxylation sites is 1. The first-order valence-electron chi connectivity index (χ1n) is 8.44. The second-order valence-corrected chi connectivity index (χ2v) is 6.86. The minimum atomic E-state index is 0.0505. The highest BCUT2D eigenvalue weighted by Crippen LogP contribution is 2.24. The summed E-state index contributed by atoms with van der Waals surface area (Å²) in [5.41, 5.74) is 6.08. The molecule has 2 aromatic carbocycles. The van der Waals surface area contributed by atoms with Crippen LogP contribution in [0.1, 0.15) is 30.5 Å². The first-order valence-corrected chi connectivity index (χ1v) is 8.44. The number of nitrogens with one attached hydrogen (secondary N) is 1. The van der Waals surface area contributed by atoms with Crippen molar-refractivity contribution in [3.63, 3.8) is 0 Å². The zero-order valence-corrected chi connectivity index (χ0v) is 14.8. The third kappa shape index (κ3) is 3.07. The molecule has 0 aliphatic carbocycles. The molecule has 1 heterocycles. The van der Waals surface area contributed by atoms with Gasteiger partial charge in [-0.15, -0.1) is 0 Å². The van der Waals surface area contributed by atoms with E-state index in [2.05, 4.69) is 44.1 Å². The number of H-pyrrole nitrogens is 1. The Hall–Kier alpha value is -2.55. The molecule has 1 N–H and O–H groups in total. The number of rotatable bonds is 4. The van der Waals surface area contributed by atoms with Crippen LogP contribution in [0.15, 0.2) is 53.3 Å². The van der Waals surface area contributed by atoms with E-state index in [1.807, 2.05) is 37.3 Å². The zero-order chi connectivity index (χ0) is 17.3. The second-order valence-electron chi connectivity index (χ2n) is 6.86. The van der Waals surface area contributed by atoms with Crippen LogP contribution < -0.4 is 5.56 Å². The number of aryl methyl sites for hydroxylation is 2. The van der Waals surface area contributed by atoms with Crippen molar-refractivity contribution in [1.29, 1.82) is 0 Å². The molecule has 24 heavy (non-hydrogen) atoms. The number of hydrogen-bond acceptors (Lipinski definition) is 1. The first kappa shape index (κ1) is 16.3. The van der Waals surface area contributed by atoms with E-state index in [9.17, 15) is 4.79 Å². The number of nitrogens with zero attached hydrogens (tertiary/aromatic N) is 1. The minimum absolute atomic E-state index is 0.0505. The van der Waals surface area contributed by atoms with Gasteiger partial charge in [0.05, 0.1) is 11.4 Å². The van der Waals surface area contributed by atoms with Gasteiger partial charge in [-0.25, -0.2) is 4.68 Å². The molecule has 0 atom stereocenters. The number of hydrogen-bond donors (Lipinski definition) is 1. The molecule has 124 valence electrons. The highest BCUT2D eigenvalue weighted by atomic mass is 16.1. The lowest BCUT2D eigenvalue weighted by Crippen LogP contribution is -2.19. The van der Waals surface area contributed by atoms with Gasteiger partial charge >= 0.3 is 0 Å². The maximum Gasteiger partial charge on any atom is 0.275 e. The standard InChI is InChI=1S/C21H24N2O/c1-14(2)12-18-20(17-10-7-8-15(3)13-17)22-23(21(18)24)19-11-6-5-9-16(19)4/h5-11,13-14,22H,12H2,1-4H3. The number of aromatic amines is 1. The van der Waals surface area contributed by atoms with E-state index in [1.54, 1.807) is 4.68 Å². The van der Waals surface area contributed by atoms with Crippen molar-refractivity contribution in [3.05, 3.63) is 75.6 Å². The van der Waals surface area contributed by atoms with Crippen LogP contribution in [0.4, 0.5) is 0 Å². The van der Waals surface area contributed by atoms with Gasteiger partial charge in [0, 0.05) is 11.1 Å². The van der Waals surface area contributed by atoms with Crippen molar-refractivity contribution in [3.8, 4) is 16.9 Å². The molecule has 0 fully saturated rings. The van der Waals surface area contributed by atoms with Crippen LogP contribution in [-0.2, 0) is 6.42 Å². The summed E-state index contributed by atoms with van der Waals surface area (Å²) in [6.07, 6.45) is 0.761. The monoisotopic (exact) mass is 320 g/mol. The van der Waals surface area contributed by atoms with Gasteiger partial charge in [-0.2, -0.15) is 0 Å². The summed E-state index contributed by atoms with van der Waals surface area (Å²) >= 11 is 0. The molecule has 0 spiro atoms. The number of benzene rings is 2. The average molecular weight is 320 g/mol. The highest BCUT2D eigenvalue weighted by molar-refractivity contribution is 5.64. The lowest BCUT2D eigenvalue weighted by Gasteiger charge is -2.06. The first-order chi connectivity index (χ1) is 11.5. The minimum Gasteiger partial charge on any atom is -0.290 e. The predicted octanol–water partition coefficient (Wildman–Crippen LogP) is 4.65. The van der Waals surface area contributed by atoms with Crippen LogP contribution in [0, 0.1) is 19.8 Å². The van der Waals surface area contributed by atoms with Crippen molar-refractivity contribution in [1.82, 2.24) is 9.78 Å². The van der Waals surface area contributed by atoms with Gasteiger partial charge in [0.1, 0.15) is 0 Å². The van der Waals surface area contributed by atoms with Crippen molar-refractivity contribution < 1.29 is 0 Å². The van der Waals surface area contributed by atoms with Crippen molar-refractivity contribution in [2.75, 3.05) is 0 Å². The summed E-state index contributed by atoms with van der Waals surface area (Å²) in [6.45, 7) is 8.38. The van der Waals surface area contributed by atoms with E-state index in [1.165, 1.54) is 5.56 Å². The third-order valence-corrected chi connectivity index (χ3v) is 4.26. The lowest BCUT2D eigenvalue weighted by molar-refractivity contribution is 0.644. The maximum atomic E-state index is 13.1. The van der Waals surface area contributed by atoms with E-state index in [-0.39, 0.29) is 5.56 Å². The fraction of sp³-hybridized carbons (Fsp3) is 0.286. The molecule has 0 aliphatic heterocycles. The van der Waals surface area contributed by atoms with E-state index in [4.69, 9.17) is 0 Å². The van der Waals surface area contributed by atoms with E-state index >= 15 is 0 Å². The average Bonchev–Trinajstić information content (AvgIpc) is 2.84. The Labute approximate surface area is 143 Å². The van der Waals surface area contributed by atoms with Gasteiger partial charge in [-0.3, -0.25) is 9.89 Å². The predicted molar refractivity (Wildman–Crippen MR) is 99.8 cm³/mol. The van der Waals surface area contributed by atoms with Crippen molar-refractivity contribution >= 4 is 0 Å². The van der Waals surface area contributed by atoms with Crippen LogP contribution in [0.25, 0.3) is 16.9 Å². The smallest absolute Gasteiger partial charge is 0.275 e. The molecule has 0 amide bonds. The molecule has 3 rings (SSSR count). The fourth-order valence-electron chi connectivity index (χ4n) is 3.09. The molecular weight excluding hydrogens is 296 g/mol. The molecule has 1 aromatic heterocycles. The van der Waals surface area contributed by atoms with Crippen LogP contribution >= 0.6 is 0 Å². The molecule has 0 saturated carbocycles. The van der Waals surface area contributed by atoms with Crippen LogP contribution in [0.3, 0.4) is 0 Å². The summed E-state index contributed by atoms with van der Waals surface area (Å²) in [4.78, 5) is 13.1. The zero-order valence-electron chi connectivity index (χ0n) is 14.8. The lowest BCUT2D eigenvalue weighted by atomic mass is 9.99.